The summed E-state index contributed by atoms with van der Waals surface area (Å²) >= 11 is 12.0. The fourth-order valence-corrected chi connectivity index (χ4v) is 3.73. The Hall–Kier alpha value is -3.10. The fourth-order valence-electron chi connectivity index (χ4n) is 2.92. The van der Waals surface area contributed by atoms with Crippen LogP contribution in [0.3, 0.4) is 0 Å². The van der Waals surface area contributed by atoms with E-state index >= 15 is 0 Å². The number of hydrogen-bond acceptors (Lipinski definition) is 5. The maximum Gasteiger partial charge on any atom is 0.238 e. The van der Waals surface area contributed by atoms with Gasteiger partial charge < -0.3 is 8.83 Å². The monoisotopic (exact) mass is 487 g/mol. The predicted molar refractivity (Wildman–Crippen MR) is 123 cm³/mol. The molecule has 0 aliphatic rings. The highest BCUT2D eigenvalue weighted by atomic mass is 35.5. The molecule has 9 heteroatoms. The van der Waals surface area contributed by atoms with Crippen LogP contribution in [0.25, 0.3) is 28.7 Å². The Kier molecular flexibility index (Phi) is 6.08. The van der Waals surface area contributed by atoms with Gasteiger partial charge in [0.2, 0.25) is 15.8 Å². The van der Waals surface area contributed by atoms with Gasteiger partial charge in [-0.15, -0.1) is 0 Å². The van der Waals surface area contributed by atoms with Gasteiger partial charge >= 0.3 is 0 Å². The number of rotatable bonds is 6. The average molecular weight is 488 g/mol. The molecule has 0 aliphatic heterocycles. The smallest absolute Gasteiger partial charge is 0.238 e. The molecule has 32 heavy (non-hydrogen) atoms. The number of ketones is 1. The Morgan fingerprint density at radius 1 is 0.812 bits per heavy atom. The summed E-state index contributed by atoms with van der Waals surface area (Å²) in [6.45, 7) is 0. The first-order chi connectivity index (χ1) is 15.2. The van der Waals surface area contributed by atoms with E-state index in [0.717, 1.165) is 0 Å². The average Bonchev–Trinajstić information content (AvgIpc) is 3.44. The van der Waals surface area contributed by atoms with Gasteiger partial charge in [-0.3, -0.25) is 4.79 Å². The van der Waals surface area contributed by atoms with Crippen LogP contribution in [-0.2, 0) is 10.0 Å². The summed E-state index contributed by atoms with van der Waals surface area (Å²) in [6.07, 6.45) is 2.86. The minimum atomic E-state index is -3.76. The second-order valence-electron chi connectivity index (χ2n) is 6.76. The van der Waals surface area contributed by atoms with Gasteiger partial charge in [0.15, 0.2) is 5.76 Å². The number of sulfonamides is 1. The predicted octanol–water partition coefficient (Wildman–Crippen LogP) is 6.06. The summed E-state index contributed by atoms with van der Waals surface area (Å²) in [5.41, 5.74) is 1.37. The zero-order chi connectivity index (χ0) is 22.9. The van der Waals surface area contributed by atoms with E-state index in [-0.39, 0.29) is 16.4 Å². The molecule has 2 heterocycles. The molecule has 0 spiro atoms. The van der Waals surface area contributed by atoms with Crippen molar-refractivity contribution in [2.45, 2.75) is 4.90 Å². The number of nitrogens with two attached hydrogens (primary N) is 1. The summed E-state index contributed by atoms with van der Waals surface area (Å²) in [4.78, 5) is 12.5. The third-order valence-corrected chi connectivity index (χ3v) is 6.21. The molecule has 0 amide bonds. The van der Waals surface area contributed by atoms with Crippen LogP contribution in [0.2, 0.25) is 10.0 Å². The van der Waals surface area contributed by atoms with Crippen molar-refractivity contribution in [1.82, 2.24) is 0 Å². The number of halogens is 2. The van der Waals surface area contributed by atoms with Crippen LogP contribution in [0, 0.1) is 0 Å². The quantitative estimate of drug-likeness (QED) is 0.263. The van der Waals surface area contributed by atoms with E-state index in [1.165, 1.54) is 24.3 Å². The van der Waals surface area contributed by atoms with Crippen LogP contribution in [-0.4, -0.2) is 14.2 Å². The van der Waals surface area contributed by atoms with Crippen LogP contribution in [0.4, 0.5) is 0 Å². The molecule has 4 aromatic rings. The molecule has 4 rings (SSSR count). The molecule has 0 saturated carbocycles. The first-order valence-corrected chi connectivity index (χ1v) is 11.5. The van der Waals surface area contributed by atoms with Gasteiger partial charge in [0.05, 0.1) is 14.9 Å². The summed E-state index contributed by atoms with van der Waals surface area (Å²) in [6, 6.07) is 17.7. The van der Waals surface area contributed by atoms with E-state index in [1.54, 1.807) is 54.6 Å². The zero-order valence-corrected chi connectivity index (χ0v) is 18.6. The third kappa shape index (κ3) is 4.87. The molecule has 0 atom stereocenters. The molecule has 0 fully saturated rings. The summed E-state index contributed by atoms with van der Waals surface area (Å²) in [5, 5.41) is 5.92. The summed E-state index contributed by atoms with van der Waals surface area (Å²) < 4.78 is 34.0. The second kappa shape index (κ2) is 8.80. The maximum absolute atomic E-state index is 12.5. The number of carbonyl (C=O) groups excluding carboxylic acids is 1. The molecule has 162 valence electrons. The van der Waals surface area contributed by atoms with E-state index in [9.17, 15) is 13.2 Å². The molecule has 2 aromatic heterocycles. The Balaban J connectivity index is 1.47. The third-order valence-electron chi connectivity index (χ3n) is 4.55. The largest absolute Gasteiger partial charge is 0.457 e. The number of primary sulfonamides is 1. The first kappa shape index (κ1) is 22.1. The lowest BCUT2D eigenvalue weighted by Gasteiger charge is -2.00. The number of hydrogen-bond donors (Lipinski definition) is 1. The molecule has 0 unspecified atom stereocenters. The summed E-state index contributed by atoms with van der Waals surface area (Å²) in [5.74, 6) is 1.26. The molecule has 6 nitrogen and oxygen atoms in total. The summed E-state index contributed by atoms with van der Waals surface area (Å²) in [7, 11) is -3.76. The van der Waals surface area contributed by atoms with Crippen LogP contribution >= 0.6 is 23.2 Å². The van der Waals surface area contributed by atoms with Crippen molar-refractivity contribution in [3.63, 3.8) is 0 Å². The first-order valence-electron chi connectivity index (χ1n) is 9.21. The Morgan fingerprint density at radius 2 is 1.47 bits per heavy atom. The normalized spacial score (nSPS) is 11.8. The van der Waals surface area contributed by atoms with Gasteiger partial charge in [-0.2, -0.15) is 0 Å². The lowest BCUT2D eigenvalue weighted by Crippen LogP contribution is -2.11. The lowest BCUT2D eigenvalue weighted by atomic mass is 10.2. The van der Waals surface area contributed by atoms with Crippen molar-refractivity contribution in [2.75, 3.05) is 0 Å². The van der Waals surface area contributed by atoms with Gasteiger partial charge in [-0.1, -0.05) is 23.2 Å². The van der Waals surface area contributed by atoms with E-state index < -0.39 is 10.0 Å². The van der Waals surface area contributed by atoms with Crippen LogP contribution in [0.15, 0.2) is 86.5 Å². The fraction of sp³-hybridized carbons (Fsp3) is 0. The molecular weight excluding hydrogens is 473 g/mol. The Morgan fingerprint density at radius 3 is 2.16 bits per heavy atom. The van der Waals surface area contributed by atoms with Crippen molar-refractivity contribution >= 4 is 45.1 Å². The van der Waals surface area contributed by atoms with Crippen molar-refractivity contribution < 1.29 is 22.0 Å². The standard InChI is InChI=1S/C23H15Cl2NO5S/c24-18-8-3-15(13-19(18)25)22-11-12-23(31-22)20(27)9-4-16-5-10-21(30-16)14-1-6-17(7-2-14)32(26,28)29/h1-13H,(H2,26,28,29)/b9-4+. The SMILES string of the molecule is NS(=O)(=O)c1ccc(-c2ccc(/C=C/C(=O)c3ccc(-c4ccc(Cl)c(Cl)c4)o3)o2)cc1. The minimum Gasteiger partial charge on any atom is -0.457 e. The molecule has 0 aliphatic carbocycles. The van der Waals surface area contributed by atoms with Crippen molar-refractivity contribution in [3.8, 4) is 22.6 Å². The van der Waals surface area contributed by atoms with E-state index in [1.807, 2.05) is 0 Å². The van der Waals surface area contributed by atoms with Crippen molar-refractivity contribution in [2.24, 2.45) is 5.14 Å². The van der Waals surface area contributed by atoms with Gasteiger partial charge in [0, 0.05) is 11.1 Å². The second-order valence-corrected chi connectivity index (χ2v) is 9.14. The highest BCUT2D eigenvalue weighted by Gasteiger charge is 2.12. The van der Waals surface area contributed by atoms with Gasteiger partial charge in [-0.25, -0.2) is 13.6 Å². The van der Waals surface area contributed by atoms with E-state index in [4.69, 9.17) is 37.2 Å². The molecule has 0 radical (unpaired) electrons. The highest BCUT2D eigenvalue weighted by Crippen LogP contribution is 2.30. The van der Waals surface area contributed by atoms with Gasteiger partial charge in [0.25, 0.3) is 0 Å². The Labute approximate surface area is 193 Å². The zero-order valence-electron chi connectivity index (χ0n) is 16.3. The van der Waals surface area contributed by atoms with Crippen molar-refractivity contribution in [3.05, 3.63) is 94.4 Å². The molecule has 0 bridgehead atoms. The number of furan rings is 2. The molecule has 2 N–H and O–H groups in total. The molecule has 0 saturated heterocycles. The van der Waals surface area contributed by atoms with Crippen LogP contribution in [0.1, 0.15) is 16.3 Å². The lowest BCUT2D eigenvalue weighted by molar-refractivity contribution is 0.102. The van der Waals surface area contributed by atoms with E-state index in [0.29, 0.717) is 38.5 Å². The van der Waals surface area contributed by atoms with Crippen molar-refractivity contribution in [1.29, 1.82) is 0 Å². The van der Waals surface area contributed by atoms with Gasteiger partial charge in [-0.05, 0) is 78.9 Å². The van der Waals surface area contributed by atoms with Crippen LogP contribution < -0.4 is 5.14 Å². The Bertz CT molecular complexity index is 1430. The molecular formula is C23H15Cl2NO5S. The number of carbonyl (C=O) groups is 1. The van der Waals surface area contributed by atoms with Crippen LogP contribution in [0.5, 0.6) is 0 Å². The maximum atomic E-state index is 12.5. The topological polar surface area (TPSA) is 104 Å². The minimum absolute atomic E-state index is 0.0113. The highest BCUT2D eigenvalue weighted by molar-refractivity contribution is 7.89. The van der Waals surface area contributed by atoms with E-state index in [2.05, 4.69) is 0 Å². The number of allylic oxidation sites excluding steroid dienone is 1. The molecule has 2 aromatic carbocycles. The van der Waals surface area contributed by atoms with Gasteiger partial charge in [0.1, 0.15) is 17.3 Å². The number of benzene rings is 2.